The predicted molar refractivity (Wildman–Crippen MR) is 89.0 cm³/mol. The lowest BCUT2D eigenvalue weighted by molar-refractivity contribution is 0.131. The number of nitrogens with zero attached hydrogens (tertiary/aromatic N) is 2. The molecule has 0 aliphatic heterocycles. The van der Waals surface area contributed by atoms with Gasteiger partial charge >= 0.3 is 0 Å². The van der Waals surface area contributed by atoms with Crippen molar-refractivity contribution < 1.29 is 4.74 Å². The minimum atomic E-state index is 0.806. The standard InChI is InChI=1S/C16H30N4O/c1-4-7-11-21-12-8-10-18-16-13-15(17-6-3)19-14(20-16)9-5-2/h13H,4-12H2,1-3H3,(H2,17,18,19,20). The van der Waals surface area contributed by atoms with E-state index in [1.807, 2.05) is 6.07 Å². The molecule has 1 aromatic rings. The number of rotatable bonds is 12. The summed E-state index contributed by atoms with van der Waals surface area (Å²) in [6, 6.07) is 1.97. The first-order chi connectivity index (χ1) is 10.3. The summed E-state index contributed by atoms with van der Waals surface area (Å²) in [5.74, 6) is 2.70. The molecule has 0 radical (unpaired) electrons. The maximum atomic E-state index is 5.55. The molecule has 5 heteroatoms. The fraction of sp³-hybridized carbons (Fsp3) is 0.750. The molecule has 0 aliphatic rings. The summed E-state index contributed by atoms with van der Waals surface area (Å²) < 4.78 is 5.55. The normalized spacial score (nSPS) is 10.6. The van der Waals surface area contributed by atoms with E-state index in [1.54, 1.807) is 0 Å². The van der Waals surface area contributed by atoms with Gasteiger partial charge < -0.3 is 15.4 Å². The third kappa shape index (κ3) is 7.85. The van der Waals surface area contributed by atoms with Gasteiger partial charge in [0.25, 0.3) is 0 Å². The topological polar surface area (TPSA) is 59.1 Å². The highest BCUT2D eigenvalue weighted by Crippen LogP contribution is 2.12. The van der Waals surface area contributed by atoms with Crippen LogP contribution in [0.3, 0.4) is 0 Å². The molecule has 0 amide bonds. The molecule has 0 fully saturated rings. The molecule has 5 nitrogen and oxygen atoms in total. The van der Waals surface area contributed by atoms with Crippen molar-refractivity contribution in [2.75, 3.05) is 36.9 Å². The Kier molecular flexibility index (Phi) is 9.53. The van der Waals surface area contributed by atoms with E-state index in [4.69, 9.17) is 4.74 Å². The average molecular weight is 294 g/mol. The molecule has 1 aromatic heterocycles. The maximum absolute atomic E-state index is 5.55. The van der Waals surface area contributed by atoms with Crippen molar-refractivity contribution in [3.8, 4) is 0 Å². The van der Waals surface area contributed by atoms with Crippen LogP contribution in [0.15, 0.2) is 6.07 Å². The number of ether oxygens (including phenoxy) is 1. The first kappa shape index (κ1) is 17.7. The van der Waals surface area contributed by atoms with Crippen LogP contribution in [0, 0.1) is 0 Å². The van der Waals surface area contributed by atoms with E-state index >= 15 is 0 Å². The zero-order chi connectivity index (χ0) is 15.3. The molecular weight excluding hydrogens is 264 g/mol. The zero-order valence-electron chi connectivity index (χ0n) is 13.7. The summed E-state index contributed by atoms with van der Waals surface area (Å²) in [6.45, 7) is 9.81. The van der Waals surface area contributed by atoms with E-state index < -0.39 is 0 Å². The Hall–Kier alpha value is -1.36. The molecule has 0 bridgehead atoms. The summed E-state index contributed by atoms with van der Waals surface area (Å²) in [7, 11) is 0. The highest BCUT2D eigenvalue weighted by molar-refractivity contribution is 5.47. The van der Waals surface area contributed by atoms with Gasteiger partial charge in [-0.15, -0.1) is 0 Å². The van der Waals surface area contributed by atoms with Crippen molar-refractivity contribution in [3.63, 3.8) is 0 Å². The number of aryl methyl sites for hydroxylation is 1. The SMILES string of the molecule is CCCCOCCCNc1cc(NCC)nc(CCC)n1. The smallest absolute Gasteiger partial charge is 0.133 e. The molecule has 0 unspecified atom stereocenters. The fourth-order valence-corrected chi connectivity index (χ4v) is 1.93. The van der Waals surface area contributed by atoms with E-state index in [0.29, 0.717) is 0 Å². The third-order valence-electron chi connectivity index (χ3n) is 3.02. The minimum absolute atomic E-state index is 0.806. The van der Waals surface area contributed by atoms with Gasteiger partial charge in [-0.3, -0.25) is 0 Å². The molecule has 0 atom stereocenters. The van der Waals surface area contributed by atoms with Crippen LogP contribution in [0.1, 0.15) is 52.3 Å². The monoisotopic (exact) mass is 294 g/mol. The van der Waals surface area contributed by atoms with Gasteiger partial charge in [-0.25, -0.2) is 9.97 Å². The second-order valence-corrected chi connectivity index (χ2v) is 5.08. The number of hydrogen-bond donors (Lipinski definition) is 2. The Bertz CT molecular complexity index is 360. The Morgan fingerprint density at radius 2 is 1.67 bits per heavy atom. The van der Waals surface area contributed by atoms with Crippen molar-refractivity contribution >= 4 is 11.6 Å². The van der Waals surface area contributed by atoms with Gasteiger partial charge in [0, 0.05) is 38.8 Å². The van der Waals surface area contributed by atoms with Crippen LogP contribution in [-0.4, -0.2) is 36.3 Å². The first-order valence-corrected chi connectivity index (χ1v) is 8.23. The van der Waals surface area contributed by atoms with E-state index in [1.165, 1.54) is 6.42 Å². The Labute approximate surface area is 128 Å². The molecular formula is C16H30N4O. The number of hydrogen-bond acceptors (Lipinski definition) is 5. The largest absolute Gasteiger partial charge is 0.381 e. The highest BCUT2D eigenvalue weighted by atomic mass is 16.5. The summed E-state index contributed by atoms with van der Waals surface area (Å²) in [6.07, 6.45) is 5.29. The molecule has 0 saturated carbocycles. The number of nitrogens with one attached hydrogen (secondary N) is 2. The Balaban J connectivity index is 2.38. The van der Waals surface area contributed by atoms with Gasteiger partial charge in [0.05, 0.1) is 0 Å². The van der Waals surface area contributed by atoms with Crippen molar-refractivity contribution in [2.24, 2.45) is 0 Å². The van der Waals surface area contributed by atoms with Crippen LogP contribution in [0.25, 0.3) is 0 Å². The fourth-order valence-electron chi connectivity index (χ4n) is 1.93. The molecule has 1 rings (SSSR count). The van der Waals surface area contributed by atoms with Crippen molar-refractivity contribution in [1.29, 1.82) is 0 Å². The summed E-state index contributed by atoms with van der Waals surface area (Å²) in [5, 5.41) is 6.62. The Morgan fingerprint density at radius 3 is 2.33 bits per heavy atom. The number of anilines is 2. The first-order valence-electron chi connectivity index (χ1n) is 8.23. The van der Waals surface area contributed by atoms with Crippen LogP contribution >= 0.6 is 0 Å². The van der Waals surface area contributed by atoms with Crippen molar-refractivity contribution in [2.45, 2.75) is 52.9 Å². The van der Waals surface area contributed by atoms with Gasteiger partial charge in [-0.1, -0.05) is 20.3 Å². The lowest BCUT2D eigenvalue weighted by Crippen LogP contribution is -2.10. The lowest BCUT2D eigenvalue weighted by atomic mass is 10.3. The van der Waals surface area contributed by atoms with Gasteiger partial charge in [0.1, 0.15) is 17.5 Å². The van der Waals surface area contributed by atoms with E-state index in [-0.39, 0.29) is 0 Å². The van der Waals surface area contributed by atoms with E-state index in [9.17, 15) is 0 Å². The number of unbranched alkanes of at least 4 members (excludes halogenated alkanes) is 1. The van der Waals surface area contributed by atoms with Gasteiger partial charge in [-0.2, -0.15) is 0 Å². The Morgan fingerprint density at radius 1 is 0.952 bits per heavy atom. The quantitative estimate of drug-likeness (QED) is 0.578. The second kappa shape index (κ2) is 11.3. The number of aromatic nitrogens is 2. The van der Waals surface area contributed by atoms with E-state index in [2.05, 4.69) is 41.4 Å². The molecule has 0 aliphatic carbocycles. The van der Waals surface area contributed by atoms with Crippen LogP contribution in [-0.2, 0) is 11.2 Å². The molecule has 0 saturated heterocycles. The predicted octanol–water partition coefficient (Wildman–Crippen LogP) is 3.48. The molecule has 21 heavy (non-hydrogen) atoms. The van der Waals surface area contributed by atoms with Crippen LogP contribution in [0.4, 0.5) is 11.6 Å². The molecule has 1 heterocycles. The molecule has 0 spiro atoms. The van der Waals surface area contributed by atoms with Crippen molar-refractivity contribution in [3.05, 3.63) is 11.9 Å². The summed E-state index contributed by atoms with van der Waals surface area (Å²) in [4.78, 5) is 9.05. The second-order valence-electron chi connectivity index (χ2n) is 5.08. The van der Waals surface area contributed by atoms with Crippen LogP contribution < -0.4 is 10.6 Å². The molecule has 120 valence electrons. The lowest BCUT2D eigenvalue weighted by Gasteiger charge is -2.10. The van der Waals surface area contributed by atoms with Crippen LogP contribution in [0.2, 0.25) is 0 Å². The average Bonchev–Trinajstić information content (AvgIpc) is 2.47. The summed E-state index contributed by atoms with van der Waals surface area (Å²) >= 11 is 0. The zero-order valence-corrected chi connectivity index (χ0v) is 13.7. The molecule has 0 aromatic carbocycles. The highest BCUT2D eigenvalue weighted by Gasteiger charge is 2.03. The van der Waals surface area contributed by atoms with Gasteiger partial charge in [-0.05, 0) is 26.2 Å². The van der Waals surface area contributed by atoms with Gasteiger partial charge in [0.15, 0.2) is 0 Å². The van der Waals surface area contributed by atoms with Crippen molar-refractivity contribution in [1.82, 2.24) is 9.97 Å². The molecule has 2 N–H and O–H groups in total. The minimum Gasteiger partial charge on any atom is -0.381 e. The van der Waals surface area contributed by atoms with Crippen LogP contribution in [0.5, 0.6) is 0 Å². The third-order valence-corrected chi connectivity index (χ3v) is 3.02. The summed E-state index contributed by atoms with van der Waals surface area (Å²) in [5.41, 5.74) is 0. The van der Waals surface area contributed by atoms with Gasteiger partial charge in [0.2, 0.25) is 0 Å². The maximum Gasteiger partial charge on any atom is 0.133 e. The van der Waals surface area contributed by atoms with E-state index in [0.717, 1.165) is 69.4 Å².